The number of aromatic nitrogens is 1. The molecule has 1 aromatic carbocycles. The van der Waals surface area contributed by atoms with Crippen LogP contribution in [0, 0.1) is 0 Å². The molecule has 25 heavy (non-hydrogen) atoms. The molecule has 0 saturated carbocycles. The molecular weight excluding hydrogens is 342 g/mol. The largest absolute Gasteiger partial charge is 0.493 e. The lowest BCUT2D eigenvalue weighted by molar-refractivity contribution is 0.0746. The number of ether oxygens (including phenoxy) is 2. The molecule has 0 N–H and O–H groups in total. The van der Waals surface area contributed by atoms with Gasteiger partial charge in [0.2, 0.25) is 0 Å². The topological polar surface area (TPSA) is 54.9 Å². The number of piperazine rings is 1. The molecule has 7 heteroatoms. The summed E-state index contributed by atoms with van der Waals surface area (Å²) in [7, 11) is 3.04. The monoisotopic (exact) mass is 361 g/mol. The van der Waals surface area contributed by atoms with Crippen molar-refractivity contribution in [1.82, 2.24) is 9.88 Å². The minimum Gasteiger partial charge on any atom is -0.493 e. The van der Waals surface area contributed by atoms with Gasteiger partial charge in [-0.1, -0.05) is 17.7 Å². The predicted molar refractivity (Wildman–Crippen MR) is 96.9 cm³/mol. The summed E-state index contributed by atoms with van der Waals surface area (Å²) < 4.78 is 10.5. The second-order valence-electron chi connectivity index (χ2n) is 5.66. The van der Waals surface area contributed by atoms with Gasteiger partial charge in [-0.25, -0.2) is 4.98 Å². The number of rotatable bonds is 4. The molecule has 0 radical (unpaired) electrons. The average molecular weight is 362 g/mol. The number of carbonyl (C=O) groups excluding carboxylic acids is 1. The molecular formula is C18H20ClN3O3. The van der Waals surface area contributed by atoms with Gasteiger partial charge in [-0.15, -0.1) is 0 Å². The standard InChI is InChI=1S/C18H20ClN3O3/c1-24-15-12-13(11-14(19)17(15)25-2)18(23)22-9-7-21(8-10-22)16-5-3-4-6-20-16/h3-6,11-12H,7-10H2,1-2H3. The third-order valence-electron chi connectivity index (χ3n) is 4.22. The molecule has 132 valence electrons. The molecule has 2 aromatic rings. The number of hydrogen-bond donors (Lipinski definition) is 0. The van der Waals surface area contributed by atoms with Crippen molar-refractivity contribution in [3.8, 4) is 11.5 Å². The number of hydrogen-bond acceptors (Lipinski definition) is 5. The normalized spacial score (nSPS) is 14.4. The minimum absolute atomic E-state index is 0.0662. The fourth-order valence-electron chi connectivity index (χ4n) is 2.90. The molecule has 3 rings (SSSR count). The zero-order valence-corrected chi connectivity index (χ0v) is 15.0. The third kappa shape index (κ3) is 3.64. The van der Waals surface area contributed by atoms with E-state index in [9.17, 15) is 4.79 Å². The van der Waals surface area contributed by atoms with Crippen LogP contribution in [0.4, 0.5) is 5.82 Å². The van der Waals surface area contributed by atoms with Gasteiger partial charge in [0.25, 0.3) is 5.91 Å². The Balaban J connectivity index is 1.72. The summed E-state index contributed by atoms with van der Waals surface area (Å²) >= 11 is 6.21. The van der Waals surface area contributed by atoms with Crippen molar-refractivity contribution in [2.24, 2.45) is 0 Å². The first-order valence-corrected chi connectivity index (χ1v) is 8.38. The Morgan fingerprint density at radius 2 is 1.88 bits per heavy atom. The summed E-state index contributed by atoms with van der Waals surface area (Å²) in [5.74, 6) is 1.75. The van der Waals surface area contributed by atoms with Gasteiger partial charge in [-0.3, -0.25) is 4.79 Å². The molecule has 1 aliphatic rings. The van der Waals surface area contributed by atoms with E-state index in [0.29, 0.717) is 35.2 Å². The van der Waals surface area contributed by atoms with Gasteiger partial charge in [0, 0.05) is 37.9 Å². The van der Waals surface area contributed by atoms with Crippen molar-refractivity contribution in [1.29, 1.82) is 0 Å². The van der Waals surface area contributed by atoms with Crippen LogP contribution in [0.15, 0.2) is 36.5 Å². The molecule has 0 bridgehead atoms. The van der Waals surface area contributed by atoms with Crippen molar-refractivity contribution < 1.29 is 14.3 Å². The van der Waals surface area contributed by atoms with E-state index in [1.807, 2.05) is 23.1 Å². The maximum atomic E-state index is 12.8. The quantitative estimate of drug-likeness (QED) is 0.838. The molecule has 1 fully saturated rings. The van der Waals surface area contributed by atoms with Gasteiger partial charge in [0.05, 0.1) is 19.2 Å². The number of methoxy groups -OCH3 is 2. The highest BCUT2D eigenvalue weighted by Crippen LogP contribution is 2.36. The summed E-state index contributed by atoms with van der Waals surface area (Å²) in [6.45, 7) is 2.73. The van der Waals surface area contributed by atoms with Crippen LogP contribution >= 0.6 is 11.6 Å². The van der Waals surface area contributed by atoms with Gasteiger partial charge in [-0.05, 0) is 24.3 Å². The Morgan fingerprint density at radius 3 is 2.48 bits per heavy atom. The molecule has 0 spiro atoms. The lowest BCUT2D eigenvalue weighted by Crippen LogP contribution is -2.49. The smallest absolute Gasteiger partial charge is 0.254 e. The van der Waals surface area contributed by atoms with Gasteiger partial charge in [0.1, 0.15) is 5.82 Å². The SMILES string of the molecule is COc1cc(C(=O)N2CCN(c3ccccn3)CC2)cc(Cl)c1OC. The Bertz CT molecular complexity index is 747. The first-order chi connectivity index (χ1) is 12.1. The summed E-state index contributed by atoms with van der Waals surface area (Å²) in [6.07, 6.45) is 1.78. The number of pyridine rings is 1. The first-order valence-electron chi connectivity index (χ1n) is 8.01. The van der Waals surface area contributed by atoms with Crippen molar-refractivity contribution in [2.45, 2.75) is 0 Å². The molecule has 0 aliphatic carbocycles. The summed E-state index contributed by atoms with van der Waals surface area (Å²) in [5.41, 5.74) is 0.494. The van der Waals surface area contributed by atoms with Crippen LogP contribution in [-0.2, 0) is 0 Å². The maximum absolute atomic E-state index is 12.8. The van der Waals surface area contributed by atoms with Crippen LogP contribution in [0.2, 0.25) is 5.02 Å². The van der Waals surface area contributed by atoms with Gasteiger partial charge < -0.3 is 19.3 Å². The Kier molecular flexibility index (Phi) is 5.28. The Hall–Kier alpha value is -2.47. The molecule has 1 aromatic heterocycles. The molecule has 0 atom stereocenters. The van der Waals surface area contributed by atoms with E-state index in [4.69, 9.17) is 21.1 Å². The zero-order valence-electron chi connectivity index (χ0n) is 14.2. The van der Waals surface area contributed by atoms with E-state index >= 15 is 0 Å². The summed E-state index contributed by atoms with van der Waals surface area (Å²) in [6, 6.07) is 9.12. The average Bonchev–Trinajstić information content (AvgIpc) is 2.67. The van der Waals surface area contributed by atoms with Crippen LogP contribution in [0.25, 0.3) is 0 Å². The number of nitrogens with zero attached hydrogens (tertiary/aromatic N) is 3. The number of benzene rings is 1. The number of amides is 1. The molecule has 1 saturated heterocycles. The van der Waals surface area contributed by atoms with Crippen molar-refractivity contribution in [2.75, 3.05) is 45.3 Å². The first kappa shape index (κ1) is 17.4. The van der Waals surface area contributed by atoms with Gasteiger partial charge >= 0.3 is 0 Å². The maximum Gasteiger partial charge on any atom is 0.254 e. The lowest BCUT2D eigenvalue weighted by Gasteiger charge is -2.35. The van der Waals surface area contributed by atoms with E-state index in [2.05, 4.69) is 9.88 Å². The summed E-state index contributed by atoms with van der Waals surface area (Å²) in [4.78, 5) is 21.1. The van der Waals surface area contributed by atoms with E-state index in [1.165, 1.54) is 14.2 Å². The van der Waals surface area contributed by atoms with Crippen LogP contribution < -0.4 is 14.4 Å². The predicted octanol–water partition coefficient (Wildman–Crippen LogP) is 2.71. The lowest BCUT2D eigenvalue weighted by atomic mass is 10.1. The molecule has 1 aliphatic heterocycles. The van der Waals surface area contributed by atoms with E-state index in [-0.39, 0.29) is 5.91 Å². The van der Waals surface area contributed by atoms with Crippen molar-refractivity contribution in [3.05, 3.63) is 47.1 Å². The second kappa shape index (κ2) is 7.61. The Labute approximate surface area is 151 Å². The second-order valence-corrected chi connectivity index (χ2v) is 6.07. The highest BCUT2D eigenvalue weighted by Gasteiger charge is 2.24. The molecule has 2 heterocycles. The van der Waals surface area contributed by atoms with Crippen LogP contribution in [-0.4, -0.2) is 56.2 Å². The highest BCUT2D eigenvalue weighted by atomic mass is 35.5. The van der Waals surface area contributed by atoms with E-state index < -0.39 is 0 Å². The van der Waals surface area contributed by atoms with Gasteiger partial charge in [-0.2, -0.15) is 0 Å². The molecule has 1 amide bonds. The minimum atomic E-state index is -0.0662. The van der Waals surface area contributed by atoms with E-state index in [0.717, 1.165) is 18.9 Å². The van der Waals surface area contributed by atoms with Crippen molar-refractivity contribution >= 4 is 23.3 Å². The van der Waals surface area contributed by atoms with Crippen molar-refractivity contribution in [3.63, 3.8) is 0 Å². The third-order valence-corrected chi connectivity index (χ3v) is 4.50. The number of anilines is 1. The fraction of sp³-hybridized carbons (Fsp3) is 0.333. The molecule has 0 unspecified atom stereocenters. The number of carbonyl (C=O) groups is 1. The van der Waals surface area contributed by atoms with Gasteiger partial charge in [0.15, 0.2) is 11.5 Å². The van der Waals surface area contributed by atoms with Crippen LogP contribution in [0.5, 0.6) is 11.5 Å². The highest BCUT2D eigenvalue weighted by molar-refractivity contribution is 6.32. The van der Waals surface area contributed by atoms with E-state index in [1.54, 1.807) is 18.3 Å². The zero-order chi connectivity index (χ0) is 17.8. The van der Waals surface area contributed by atoms with Crippen LogP contribution in [0.1, 0.15) is 10.4 Å². The Morgan fingerprint density at radius 1 is 1.12 bits per heavy atom. The summed E-state index contributed by atoms with van der Waals surface area (Å²) in [5, 5.41) is 0.359. The van der Waals surface area contributed by atoms with Crippen LogP contribution in [0.3, 0.4) is 0 Å². The fourth-order valence-corrected chi connectivity index (χ4v) is 3.19. The number of halogens is 1. The molecule has 6 nitrogen and oxygen atoms in total.